The molecule has 0 fully saturated rings. The van der Waals surface area contributed by atoms with Crippen molar-refractivity contribution in [3.8, 4) is 0 Å². The number of anilines is 1. The highest BCUT2D eigenvalue weighted by atomic mass is 35.5. The number of rotatable bonds is 4. The normalized spacial score (nSPS) is 12.5. The van der Waals surface area contributed by atoms with Gasteiger partial charge in [0.1, 0.15) is 0 Å². The number of benzene rings is 3. The first-order chi connectivity index (χ1) is 13.6. The maximum absolute atomic E-state index is 12.9. The molecular formula is C23H19ClN2O2. The quantitative estimate of drug-likeness (QED) is 0.714. The van der Waals surface area contributed by atoms with Gasteiger partial charge in [0, 0.05) is 34.9 Å². The maximum atomic E-state index is 12.9. The van der Waals surface area contributed by atoms with Crippen LogP contribution in [0.15, 0.2) is 72.8 Å². The molecule has 4 nitrogen and oxygen atoms in total. The summed E-state index contributed by atoms with van der Waals surface area (Å²) in [4.78, 5) is 26.9. The molecule has 0 bridgehead atoms. The second-order valence-electron chi connectivity index (χ2n) is 6.73. The van der Waals surface area contributed by atoms with Crippen LogP contribution in [0.25, 0.3) is 0 Å². The first-order valence-electron chi connectivity index (χ1n) is 9.14. The van der Waals surface area contributed by atoms with Crippen LogP contribution in [-0.2, 0) is 13.0 Å². The van der Waals surface area contributed by atoms with Crippen LogP contribution in [0.3, 0.4) is 0 Å². The molecule has 0 saturated carbocycles. The first kappa shape index (κ1) is 18.3. The Balaban J connectivity index is 1.50. The molecule has 1 N–H and O–H groups in total. The van der Waals surface area contributed by atoms with Crippen molar-refractivity contribution in [2.75, 3.05) is 11.4 Å². The Morgan fingerprint density at radius 1 is 0.929 bits per heavy atom. The summed E-state index contributed by atoms with van der Waals surface area (Å²) >= 11 is 5.92. The lowest BCUT2D eigenvalue weighted by Crippen LogP contribution is -2.29. The van der Waals surface area contributed by atoms with Crippen LogP contribution in [-0.4, -0.2) is 18.4 Å². The predicted octanol–water partition coefficient (Wildman–Crippen LogP) is 4.47. The molecule has 0 aliphatic carbocycles. The zero-order valence-electron chi connectivity index (χ0n) is 15.2. The number of hydrogen-bond donors (Lipinski definition) is 1. The lowest BCUT2D eigenvalue weighted by atomic mass is 10.1. The molecule has 2 amide bonds. The average molecular weight is 391 g/mol. The molecule has 0 unspecified atom stereocenters. The molecule has 0 radical (unpaired) electrons. The van der Waals surface area contributed by atoms with E-state index in [1.807, 2.05) is 36.4 Å². The molecule has 1 aliphatic rings. The zero-order valence-corrected chi connectivity index (χ0v) is 15.9. The van der Waals surface area contributed by atoms with Gasteiger partial charge in [0.05, 0.1) is 0 Å². The van der Waals surface area contributed by atoms with Gasteiger partial charge in [-0.3, -0.25) is 9.59 Å². The van der Waals surface area contributed by atoms with Gasteiger partial charge in [-0.1, -0.05) is 41.9 Å². The van der Waals surface area contributed by atoms with E-state index in [0.717, 1.165) is 23.2 Å². The van der Waals surface area contributed by atoms with Gasteiger partial charge in [0.25, 0.3) is 11.8 Å². The van der Waals surface area contributed by atoms with Crippen LogP contribution in [0.2, 0.25) is 5.02 Å². The van der Waals surface area contributed by atoms with E-state index in [9.17, 15) is 9.59 Å². The Bertz CT molecular complexity index is 1020. The molecule has 4 rings (SSSR count). The van der Waals surface area contributed by atoms with E-state index in [-0.39, 0.29) is 11.8 Å². The van der Waals surface area contributed by atoms with Gasteiger partial charge in [-0.15, -0.1) is 0 Å². The minimum absolute atomic E-state index is 0.0408. The summed E-state index contributed by atoms with van der Waals surface area (Å²) in [6.07, 6.45) is 0.825. The van der Waals surface area contributed by atoms with Crippen LogP contribution in [0, 0.1) is 0 Å². The van der Waals surface area contributed by atoms with E-state index in [4.69, 9.17) is 11.6 Å². The molecule has 0 aromatic heterocycles. The van der Waals surface area contributed by atoms with Gasteiger partial charge in [-0.25, -0.2) is 0 Å². The molecule has 3 aromatic carbocycles. The maximum Gasteiger partial charge on any atom is 0.258 e. The number of nitrogens with one attached hydrogen (secondary N) is 1. The molecule has 1 heterocycles. The van der Waals surface area contributed by atoms with Gasteiger partial charge in [-0.2, -0.15) is 0 Å². The van der Waals surface area contributed by atoms with Crippen molar-refractivity contribution in [1.82, 2.24) is 5.32 Å². The third-order valence-corrected chi connectivity index (χ3v) is 5.12. The Hall–Kier alpha value is -3.11. The number of halogens is 1. The SMILES string of the molecule is O=C(NCc1ccc2c(c1)N(C(=O)c1ccc(Cl)cc1)CC2)c1ccccc1. The van der Waals surface area contributed by atoms with Crippen LogP contribution in [0.4, 0.5) is 5.69 Å². The van der Waals surface area contributed by atoms with Crippen LogP contribution < -0.4 is 10.2 Å². The van der Waals surface area contributed by atoms with Crippen molar-refractivity contribution in [3.05, 3.63) is 100 Å². The summed E-state index contributed by atoms with van der Waals surface area (Å²) in [6.45, 7) is 1.06. The topological polar surface area (TPSA) is 49.4 Å². The fourth-order valence-electron chi connectivity index (χ4n) is 3.37. The summed E-state index contributed by atoms with van der Waals surface area (Å²) in [7, 11) is 0. The molecule has 0 atom stereocenters. The smallest absolute Gasteiger partial charge is 0.258 e. The fraction of sp³-hybridized carbons (Fsp3) is 0.130. The van der Waals surface area contributed by atoms with Crippen molar-refractivity contribution in [2.45, 2.75) is 13.0 Å². The molecule has 140 valence electrons. The molecule has 0 saturated heterocycles. The Kier molecular flexibility index (Phi) is 5.13. The minimum atomic E-state index is -0.116. The monoisotopic (exact) mass is 390 g/mol. The number of nitrogens with zero attached hydrogens (tertiary/aromatic N) is 1. The fourth-order valence-corrected chi connectivity index (χ4v) is 3.49. The largest absolute Gasteiger partial charge is 0.348 e. The lowest BCUT2D eigenvalue weighted by Gasteiger charge is -2.18. The van der Waals surface area contributed by atoms with Gasteiger partial charge in [0.15, 0.2) is 0 Å². The molecular weight excluding hydrogens is 372 g/mol. The predicted molar refractivity (Wildman–Crippen MR) is 111 cm³/mol. The van der Waals surface area contributed by atoms with Crippen molar-refractivity contribution in [1.29, 1.82) is 0 Å². The van der Waals surface area contributed by atoms with E-state index in [0.29, 0.717) is 29.2 Å². The molecule has 0 spiro atoms. The summed E-state index contributed by atoms with van der Waals surface area (Å²) < 4.78 is 0. The van der Waals surface area contributed by atoms with E-state index in [1.165, 1.54) is 0 Å². The first-order valence-corrected chi connectivity index (χ1v) is 9.52. The van der Waals surface area contributed by atoms with Gasteiger partial charge in [-0.05, 0) is 60.0 Å². The van der Waals surface area contributed by atoms with Crippen LogP contribution in [0.1, 0.15) is 31.8 Å². The van der Waals surface area contributed by atoms with E-state index in [1.54, 1.807) is 41.3 Å². The number of carbonyl (C=O) groups excluding carboxylic acids is 2. The number of carbonyl (C=O) groups is 2. The van der Waals surface area contributed by atoms with Gasteiger partial charge in [0.2, 0.25) is 0 Å². The van der Waals surface area contributed by atoms with Crippen molar-refractivity contribution in [3.63, 3.8) is 0 Å². The molecule has 3 aromatic rings. The average Bonchev–Trinajstić information content (AvgIpc) is 3.16. The standard InChI is InChI=1S/C23H19ClN2O2/c24-20-10-8-19(9-11-20)23(28)26-13-12-17-7-6-16(14-21(17)26)15-25-22(27)18-4-2-1-3-5-18/h1-11,14H,12-13,15H2,(H,25,27). The van der Waals surface area contributed by atoms with E-state index < -0.39 is 0 Å². The molecule has 28 heavy (non-hydrogen) atoms. The highest BCUT2D eigenvalue weighted by Crippen LogP contribution is 2.30. The Morgan fingerprint density at radius 3 is 2.43 bits per heavy atom. The second-order valence-corrected chi connectivity index (χ2v) is 7.16. The Labute approximate surface area is 168 Å². The molecule has 1 aliphatic heterocycles. The third kappa shape index (κ3) is 3.78. The number of fused-ring (bicyclic) bond motifs is 1. The summed E-state index contributed by atoms with van der Waals surface area (Å²) in [5.74, 6) is -0.156. The van der Waals surface area contributed by atoms with Crippen LogP contribution in [0.5, 0.6) is 0 Å². The molecule has 5 heteroatoms. The van der Waals surface area contributed by atoms with Crippen molar-refractivity contribution < 1.29 is 9.59 Å². The highest BCUT2D eigenvalue weighted by Gasteiger charge is 2.25. The summed E-state index contributed by atoms with van der Waals surface area (Å²) in [5.41, 5.74) is 4.24. The minimum Gasteiger partial charge on any atom is -0.348 e. The van der Waals surface area contributed by atoms with Crippen molar-refractivity contribution >= 4 is 29.1 Å². The van der Waals surface area contributed by atoms with E-state index >= 15 is 0 Å². The van der Waals surface area contributed by atoms with Crippen molar-refractivity contribution in [2.24, 2.45) is 0 Å². The highest BCUT2D eigenvalue weighted by molar-refractivity contribution is 6.30. The summed E-state index contributed by atoms with van der Waals surface area (Å²) in [5, 5.41) is 3.54. The van der Waals surface area contributed by atoms with Crippen LogP contribution >= 0.6 is 11.6 Å². The Morgan fingerprint density at radius 2 is 1.68 bits per heavy atom. The number of amides is 2. The second kappa shape index (κ2) is 7.87. The lowest BCUT2D eigenvalue weighted by molar-refractivity contribution is 0.0949. The third-order valence-electron chi connectivity index (χ3n) is 4.87. The number of hydrogen-bond acceptors (Lipinski definition) is 2. The zero-order chi connectivity index (χ0) is 19.5. The van der Waals surface area contributed by atoms with E-state index in [2.05, 4.69) is 5.32 Å². The van der Waals surface area contributed by atoms with Gasteiger partial charge < -0.3 is 10.2 Å². The van der Waals surface area contributed by atoms with Gasteiger partial charge >= 0.3 is 0 Å². The summed E-state index contributed by atoms with van der Waals surface area (Å²) in [6, 6.07) is 22.1.